The maximum Gasteiger partial charge on any atom is 0.124 e. The number of aromatic amines is 1. The Morgan fingerprint density at radius 2 is 2.30 bits per heavy atom. The third-order valence-corrected chi connectivity index (χ3v) is 3.13. The van der Waals surface area contributed by atoms with Gasteiger partial charge < -0.3 is 15.0 Å². The van der Waals surface area contributed by atoms with Crippen molar-refractivity contribution in [3.8, 4) is 5.75 Å². The Balaban J connectivity index is 2.00. The fraction of sp³-hybridized carbons (Fsp3) is 0.312. The van der Waals surface area contributed by atoms with E-state index in [0.717, 1.165) is 30.1 Å². The number of hydrogen-bond acceptors (Lipinski definition) is 3. The van der Waals surface area contributed by atoms with Crippen LogP contribution >= 0.6 is 0 Å². The van der Waals surface area contributed by atoms with Gasteiger partial charge in [-0.15, -0.1) is 0 Å². The Kier molecular flexibility index (Phi) is 5.38. The Morgan fingerprint density at radius 3 is 3.00 bits per heavy atom. The van der Waals surface area contributed by atoms with Crippen LogP contribution in [-0.2, 0) is 6.54 Å². The average Bonchev–Trinajstić information content (AvgIpc) is 3.01. The fourth-order valence-electron chi connectivity index (χ4n) is 2.07. The molecule has 1 atom stereocenters. The molecule has 0 amide bonds. The Labute approximate surface area is 119 Å². The number of rotatable bonds is 8. The quantitative estimate of drug-likeness (QED) is 0.725. The molecular weight excluding hydrogens is 250 g/mol. The van der Waals surface area contributed by atoms with Crippen LogP contribution in [0.2, 0.25) is 0 Å². The summed E-state index contributed by atoms with van der Waals surface area (Å²) in [5, 5.41) is 3.51. The van der Waals surface area contributed by atoms with Crippen molar-refractivity contribution < 1.29 is 4.74 Å². The van der Waals surface area contributed by atoms with E-state index in [1.165, 1.54) is 0 Å². The number of nitrogens with one attached hydrogen (secondary N) is 2. The summed E-state index contributed by atoms with van der Waals surface area (Å²) in [4.78, 5) is 7.46. The van der Waals surface area contributed by atoms with Crippen molar-refractivity contribution in [2.45, 2.75) is 25.9 Å². The molecule has 0 saturated carbocycles. The number of para-hydroxylation sites is 1. The highest BCUT2D eigenvalue weighted by molar-refractivity contribution is 5.33. The lowest BCUT2D eigenvalue weighted by molar-refractivity contribution is 0.356. The molecule has 0 aliphatic carbocycles. The first-order chi connectivity index (χ1) is 9.85. The molecule has 0 radical (unpaired) electrons. The highest BCUT2D eigenvalue weighted by Crippen LogP contribution is 2.20. The standard InChI is InChI=1S/C16H21N3O/c1-3-11-20-15-8-6-5-7-13(15)12-19-14(4-2)16-17-9-10-18-16/h3,5-10,14,19H,1,4,11-12H2,2H3,(H,17,18). The minimum absolute atomic E-state index is 0.220. The first-order valence-corrected chi connectivity index (χ1v) is 6.89. The van der Waals surface area contributed by atoms with Gasteiger partial charge in [-0.1, -0.05) is 37.8 Å². The third kappa shape index (κ3) is 3.71. The first-order valence-electron chi connectivity index (χ1n) is 6.89. The van der Waals surface area contributed by atoms with E-state index < -0.39 is 0 Å². The second-order valence-corrected chi connectivity index (χ2v) is 4.52. The van der Waals surface area contributed by atoms with Crippen molar-refractivity contribution in [3.05, 3.63) is 60.7 Å². The van der Waals surface area contributed by atoms with Gasteiger partial charge in [0.05, 0.1) is 6.04 Å². The minimum atomic E-state index is 0.220. The number of aromatic nitrogens is 2. The van der Waals surface area contributed by atoms with E-state index in [9.17, 15) is 0 Å². The van der Waals surface area contributed by atoms with E-state index in [-0.39, 0.29) is 6.04 Å². The van der Waals surface area contributed by atoms with E-state index in [4.69, 9.17) is 4.74 Å². The highest BCUT2D eigenvalue weighted by Gasteiger charge is 2.12. The molecule has 20 heavy (non-hydrogen) atoms. The molecule has 4 heteroatoms. The van der Waals surface area contributed by atoms with E-state index in [0.29, 0.717) is 6.61 Å². The predicted molar refractivity (Wildman–Crippen MR) is 80.6 cm³/mol. The van der Waals surface area contributed by atoms with Crippen molar-refractivity contribution in [3.63, 3.8) is 0 Å². The summed E-state index contributed by atoms with van der Waals surface area (Å²) in [6, 6.07) is 8.27. The largest absolute Gasteiger partial charge is 0.489 e. The van der Waals surface area contributed by atoms with Crippen LogP contribution in [0.5, 0.6) is 5.75 Å². The van der Waals surface area contributed by atoms with E-state index >= 15 is 0 Å². The normalized spacial score (nSPS) is 12.1. The maximum absolute atomic E-state index is 5.66. The number of imidazole rings is 1. The minimum Gasteiger partial charge on any atom is -0.489 e. The molecule has 1 aromatic heterocycles. The Morgan fingerprint density at radius 1 is 1.45 bits per heavy atom. The third-order valence-electron chi connectivity index (χ3n) is 3.13. The molecule has 2 N–H and O–H groups in total. The molecule has 0 aliphatic heterocycles. The molecule has 0 fully saturated rings. The summed E-state index contributed by atoms with van der Waals surface area (Å²) in [5.74, 6) is 1.87. The zero-order valence-electron chi connectivity index (χ0n) is 11.8. The van der Waals surface area contributed by atoms with Crippen LogP contribution < -0.4 is 10.1 Å². The fourth-order valence-corrected chi connectivity index (χ4v) is 2.07. The SMILES string of the molecule is C=CCOc1ccccc1CNC(CC)c1ncc[nH]1. The molecule has 0 bridgehead atoms. The molecule has 1 aromatic carbocycles. The van der Waals surface area contributed by atoms with Gasteiger partial charge in [-0.05, 0) is 12.5 Å². The smallest absolute Gasteiger partial charge is 0.124 e. The zero-order chi connectivity index (χ0) is 14.2. The van der Waals surface area contributed by atoms with Crippen LogP contribution in [0.4, 0.5) is 0 Å². The first kappa shape index (κ1) is 14.3. The molecule has 0 aliphatic rings. The van der Waals surface area contributed by atoms with E-state index in [1.807, 2.05) is 24.4 Å². The van der Waals surface area contributed by atoms with Crippen LogP contribution in [0, 0.1) is 0 Å². The monoisotopic (exact) mass is 271 g/mol. The lowest BCUT2D eigenvalue weighted by Gasteiger charge is -2.16. The zero-order valence-corrected chi connectivity index (χ0v) is 11.8. The number of nitrogens with zero attached hydrogens (tertiary/aromatic N) is 1. The molecule has 4 nitrogen and oxygen atoms in total. The van der Waals surface area contributed by atoms with Crippen molar-refractivity contribution in [2.24, 2.45) is 0 Å². The summed E-state index contributed by atoms with van der Waals surface area (Å²) in [7, 11) is 0. The highest BCUT2D eigenvalue weighted by atomic mass is 16.5. The average molecular weight is 271 g/mol. The van der Waals surface area contributed by atoms with Gasteiger partial charge in [0, 0.05) is 24.5 Å². The number of ether oxygens (including phenoxy) is 1. The van der Waals surface area contributed by atoms with Crippen molar-refractivity contribution in [1.29, 1.82) is 0 Å². The number of hydrogen-bond donors (Lipinski definition) is 2. The number of H-pyrrole nitrogens is 1. The lowest BCUT2D eigenvalue weighted by atomic mass is 10.1. The van der Waals surface area contributed by atoms with Crippen LogP contribution in [0.1, 0.15) is 30.8 Å². The summed E-state index contributed by atoms with van der Waals surface area (Å²) in [5.41, 5.74) is 1.14. The van der Waals surface area contributed by atoms with Crippen LogP contribution in [0.15, 0.2) is 49.3 Å². The van der Waals surface area contributed by atoms with Gasteiger partial charge in [0.15, 0.2) is 0 Å². The van der Waals surface area contributed by atoms with Gasteiger partial charge in [-0.2, -0.15) is 0 Å². The van der Waals surface area contributed by atoms with E-state index in [2.05, 4.69) is 34.9 Å². The van der Waals surface area contributed by atoms with Gasteiger partial charge in [0.2, 0.25) is 0 Å². The molecule has 1 heterocycles. The van der Waals surface area contributed by atoms with Crippen LogP contribution in [0.3, 0.4) is 0 Å². The maximum atomic E-state index is 5.66. The van der Waals surface area contributed by atoms with Gasteiger partial charge in [-0.3, -0.25) is 0 Å². The predicted octanol–water partition coefficient (Wildman–Crippen LogP) is 3.22. The molecule has 106 valence electrons. The topological polar surface area (TPSA) is 49.9 Å². The summed E-state index contributed by atoms with van der Waals surface area (Å²) < 4.78 is 5.66. The van der Waals surface area contributed by atoms with Crippen LogP contribution in [0.25, 0.3) is 0 Å². The van der Waals surface area contributed by atoms with Crippen molar-refractivity contribution >= 4 is 0 Å². The van der Waals surface area contributed by atoms with Gasteiger partial charge in [-0.25, -0.2) is 4.98 Å². The number of benzene rings is 1. The second-order valence-electron chi connectivity index (χ2n) is 4.52. The van der Waals surface area contributed by atoms with Crippen molar-refractivity contribution in [1.82, 2.24) is 15.3 Å². The molecule has 0 spiro atoms. The van der Waals surface area contributed by atoms with Crippen molar-refractivity contribution in [2.75, 3.05) is 6.61 Å². The van der Waals surface area contributed by atoms with Crippen LogP contribution in [-0.4, -0.2) is 16.6 Å². The molecule has 1 unspecified atom stereocenters. The molecule has 2 aromatic rings. The Bertz CT molecular complexity index is 522. The van der Waals surface area contributed by atoms with Gasteiger partial charge >= 0.3 is 0 Å². The Hall–Kier alpha value is -2.07. The summed E-state index contributed by atoms with van der Waals surface area (Å²) >= 11 is 0. The van der Waals surface area contributed by atoms with E-state index in [1.54, 1.807) is 12.3 Å². The second kappa shape index (κ2) is 7.50. The summed E-state index contributed by atoms with van der Waals surface area (Å²) in [6.45, 7) is 7.08. The lowest BCUT2D eigenvalue weighted by Crippen LogP contribution is -2.21. The molecular formula is C16H21N3O. The molecule has 2 rings (SSSR count). The molecule has 0 saturated heterocycles. The van der Waals surface area contributed by atoms with Gasteiger partial charge in [0.25, 0.3) is 0 Å². The van der Waals surface area contributed by atoms with Gasteiger partial charge in [0.1, 0.15) is 18.2 Å². The summed E-state index contributed by atoms with van der Waals surface area (Å²) in [6.07, 6.45) is 6.35.